The van der Waals surface area contributed by atoms with Gasteiger partial charge in [0.2, 0.25) is 5.91 Å². The van der Waals surface area contributed by atoms with Crippen LogP contribution in [0.1, 0.15) is 19.4 Å². The van der Waals surface area contributed by atoms with Gasteiger partial charge in [-0.2, -0.15) is 0 Å². The van der Waals surface area contributed by atoms with Crippen molar-refractivity contribution in [2.45, 2.75) is 37.0 Å². The van der Waals surface area contributed by atoms with Crippen molar-refractivity contribution in [3.8, 4) is 0 Å². The fraction of sp³-hybridized carbons (Fsp3) is 0.316. The van der Waals surface area contributed by atoms with Gasteiger partial charge in [-0.25, -0.2) is 4.98 Å². The topological polar surface area (TPSA) is 64.0 Å². The summed E-state index contributed by atoms with van der Waals surface area (Å²) in [6, 6.07) is 9.91. The van der Waals surface area contributed by atoms with Crippen molar-refractivity contribution in [3.63, 3.8) is 0 Å². The van der Waals surface area contributed by atoms with E-state index in [-0.39, 0.29) is 11.5 Å². The van der Waals surface area contributed by atoms with Gasteiger partial charge in [-0.1, -0.05) is 26.0 Å². The summed E-state index contributed by atoms with van der Waals surface area (Å²) in [6.45, 7) is 5.13. The number of benzene rings is 1. The smallest absolute Gasteiger partial charge is 0.271 e. The maximum absolute atomic E-state index is 12.3. The van der Waals surface area contributed by atoms with Crippen LogP contribution in [-0.4, -0.2) is 27.3 Å². The van der Waals surface area contributed by atoms with E-state index in [1.165, 1.54) is 27.1 Å². The third-order valence-electron chi connectivity index (χ3n) is 3.77. The highest BCUT2D eigenvalue weighted by atomic mass is 32.2. The van der Waals surface area contributed by atoms with Crippen molar-refractivity contribution in [3.05, 3.63) is 58.0 Å². The molecule has 3 aromatic rings. The third kappa shape index (κ3) is 4.74. The van der Waals surface area contributed by atoms with E-state index in [4.69, 9.17) is 0 Å². The van der Waals surface area contributed by atoms with Gasteiger partial charge < -0.3 is 5.32 Å². The number of thiophene rings is 1. The molecule has 7 heteroatoms. The summed E-state index contributed by atoms with van der Waals surface area (Å²) in [4.78, 5) is 29.9. The van der Waals surface area contributed by atoms with Crippen molar-refractivity contribution in [2.24, 2.45) is 0 Å². The van der Waals surface area contributed by atoms with Crippen LogP contribution in [0.4, 0.5) is 0 Å². The number of aromatic nitrogens is 2. The minimum atomic E-state index is -0.0579. The van der Waals surface area contributed by atoms with Gasteiger partial charge in [-0.15, -0.1) is 23.1 Å². The van der Waals surface area contributed by atoms with Crippen LogP contribution in [0, 0.1) is 0 Å². The summed E-state index contributed by atoms with van der Waals surface area (Å²) in [5.74, 6) is -0.0486. The lowest BCUT2D eigenvalue weighted by molar-refractivity contribution is -0.120. The van der Waals surface area contributed by atoms with E-state index in [2.05, 4.69) is 36.3 Å². The molecule has 0 bridgehead atoms. The van der Waals surface area contributed by atoms with Crippen molar-refractivity contribution in [1.29, 1.82) is 0 Å². The zero-order valence-corrected chi connectivity index (χ0v) is 16.4. The molecule has 0 aliphatic heterocycles. The second kappa shape index (κ2) is 8.51. The maximum atomic E-state index is 12.3. The predicted molar refractivity (Wildman–Crippen MR) is 108 cm³/mol. The van der Waals surface area contributed by atoms with Gasteiger partial charge in [0.15, 0.2) is 0 Å². The van der Waals surface area contributed by atoms with Crippen LogP contribution in [-0.2, 0) is 17.8 Å². The van der Waals surface area contributed by atoms with Crippen LogP contribution < -0.4 is 10.9 Å². The Kier molecular flexibility index (Phi) is 6.11. The summed E-state index contributed by atoms with van der Waals surface area (Å²) in [5, 5.41) is 5.26. The molecule has 2 heterocycles. The average Bonchev–Trinajstić information content (AvgIpc) is 3.08. The number of rotatable bonds is 7. The minimum absolute atomic E-state index is 0.0486. The molecule has 1 N–H and O–H groups in total. The summed E-state index contributed by atoms with van der Waals surface area (Å²) >= 11 is 3.19. The first-order valence-electron chi connectivity index (χ1n) is 8.48. The molecule has 3 rings (SSSR count). The SMILES string of the molecule is CC(C)Sc1ccc(CC(=O)NCCn2cnc3ccsc3c2=O)cc1. The fourth-order valence-corrected chi connectivity index (χ4v) is 4.19. The average molecular weight is 388 g/mol. The Hall–Kier alpha value is -2.12. The number of fused-ring (bicyclic) bond motifs is 1. The van der Waals surface area contributed by atoms with Gasteiger partial charge in [0.1, 0.15) is 4.70 Å². The lowest BCUT2D eigenvalue weighted by Gasteiger charge is -2.08. The molecule has 0 unspecified atom stereocenters. The number of amides is 1. The first kappa shape index (κ1) is 18.7. The first-order valence-corrected chi connectivity index (χ1v) is 10.2. The van der Waals surface area contributed by atoms with Crippen molar-refractivity contribution >= 4 is 39.2 Å². The Morgan fingerprint density at radius 2 is 2.04 bits per heavy atom. The number of nitrogens with zero attached hydrogens (tertiary/aromatic N) is 2. The van der Waals surface area contributed by atoms with Gasteiger partial charge in [-0.3, -0.25) is 14.2 Å². The van der Waals surface area contributed by atoms with E-state index >= 15 is 0 Å². The van der Waals surface area contributed by atoms with Crippen LogP contribution in [0.15, 0.2) is 51.7 Å². The Morgan fingerprint density at radius 1 is 1.27 bits per heavy atom. The van der Waals surface area contributed by atoms with Crippen LogP contribution in [0.5, 0.6) is 0 Å². The van der Waals surface area contributed by atoms with E-state index in [0.717, 1.165) is 11.1 Å². The molecule has 1 aromatic carbocycles. The van der Waals surface area contributed by atoms with Gasteiger partial charge in [0.05, 0.1) is 18.3 Å². The second-order valence-electron chi connectivity index (χ2n) is 6.22. The second-order valence-corrected chi connectivity index (χ2v) is 8.78. The van der Waals surface area contributed by atoms with E-state index in [1.54, 1.807) is 11.8 Å². The van der Waals surface area contributed by atoms with E-state index < -0.39 is 0 Å². The highest BCUT2D eigenvalue weighted by Crippen LogP contribution is 2.22. The minimum Gasteiger partial charge on any atom is -0.354 e. The molecule has 0 saturated carbocycles. The number of carbonyl (C=O) groups is 1. The van der Waals surface area contributed by atoms with E-state index in [1.807, 2.05) is 23.6 Å². The molecule has 0 aliphatic carbocycles. The standard InChI is InChI=1S/C19H21N3O2S2/c1-13(2)26-15-5-3-14(4-6-15)11-17(23)20-8-9-22-12-21-16-7-10-25-18(16)19(22)24/h3-7,10,12-13H,8-9,11H2,1-2H3,(H,20,23). The number of carbonyl (C=O) groups excluding carboxylic acids is 1. The number of nitrogens with one attached hydrogen (secondary N) is 1. The predicted octanol–water partition coefficient (Wildman–Crippen LogP) is 3.32. The Balaban J connectivity index is 1.50. The highest BCUT2D eigenvalue weighted by Gasteiger charge is 2.07. The van der Waals surface area contributed by atoms with Gasteiger partial charge in [-0.05, 0) is 29.1 Å². The molecular formula is C19H21N3O2S2. The van der Waals surface area contributed by atoms with Crippen LogP contribution in [0.3, 0.4) is 0 Å². The van der Waals surface area contributed by atoms with E-state index in [9.17, 15) is 9.59 Å². The van der Waals surface area contributed by atoms with Crippen molar-refractivity contribution in [2.75, 3.05) is 6.54 Å². The molecular weight excluding hydrogens is 366 g/mol. The molecule has 0 fully saturated rings. The molecule has 0 aliphatic rings. The van der Waals surface area contributed by atoms with Crippen molar-refractivity contribution in [1.82, 2.24) is 14.9 Å². The molecule has 26 heavy (non-hydrogen) atoms. The normalized spacial score (nSPS) is 11.2. The molecule has 5 nitrogen and oxygen atoms in total. The lowest BCUT2D eigenvalue weighted by atomic mass is 10.1. The molecule has 1 amide bonds. The van der Waals surface area contributed by atoms with Crippen LogP contribution in [0.2, 0.25) is 0 Å². The quantitative estimate of drug-likeness (QED) is 0.632. The third-order valence-corrected chi connectivity index (χ3v) is 5.68. The Bertz CT molecular complexity index is 945. The molecule has 0 spiro atoms. The lowest BCUT2D eigenvalue weighted by Crippen LogP contribution is -2.31. The summed E-state index contributed by atoms with van der Waals surface area (Å²) in [5.41, 5.74) is 1.64. The highest BCUT2D eigenvalue weighted by molar-refractivity contribution is 7.99. The number of hydrogen-bond donors (Lipinski definition) is 1. The van der Waals surface area contributed by atoms with Crippen molar-refractivity contribution < 1.29 is 4.79 Å². The van der Waals surface area contributed by atoms with Crippen LogP contribution in [0.25, 0.3) is 10.2 Å². The van der Waals surface area contributed by atoms with Gasteiger partial charge >= 0.3 is 0 Å². The number of thioether (sulfide) groups is 1. The zero-order valence-electron chi connectivity index (χ0n) is 14.8. The summed E-state index contributed by atoms with van der Waals surface area (Å²) < 4.78 is 2.19. The Labute approximate surface area is 160 Å². The molecule has 2 aromatic heterocycles. The van der Waals surface area contributed by atoms with Gasteiger partial charge in [0, 0.05) is 23.2 Å². The first-order chi connectivity index (χ1) is 12.5. The summed E-state index contributed by atoms with van der Waals surface area (Å²) in [6.07, 6.45) is 1.87. The zero-order chi connectivity index (χ0) is 18.5. The largest absolute Gasteiger partial charge is 0.354 e. The monoisotopic (exact) mass is 387 g/mol. The summed E-state index contributed by atoms with van der Waals surface area (Å²) in [7, 11) is 0. The van der Waals surface area contributed by atoms with Gasteiger partial charge in [0.25, 0.3) is 5.56 Å². The fourth-order valence-electron chi connectivity index (χ4n) is 2.56. The molecule has 0 saturated heterocycles. The van der Waals surface area contributed by atoms with E-state index in [0.29, 0.717) is 29.5 Å². The maximum Gasteiger partial charge on any atom is 0.271 e. The Morgan fingerprint density at radius 3 is 2.77 bits per heavy atom. The number of hydrogen-bond acceptors (Lipinski definition) is 5. The molecule has 0 atom stereocenters. The molecule has 0 radical (unpaired) electrons. The molecule has 136 valence electrons. The van der Waals surface area contributed by atoms with Crippen LogP contribution >= 0.6 is 23.1 Å².